The maximum Gasteiger partial charge on any atom is 0.262 e. The largest absolute Gasteiger partial charge is 0.273 e. The molecule has 4 fully saturated rings. The number of hydrogen-bond acceptors (Lipinski definition) is 5. The Balaban J connectivity index is 1.29. The summed E-state index contributed by atoms with van der Waals surface area (Å²) in [6, 6.07) is 5.65. The van der Waals surface area contributed by atoms with Gasteiger partial charge in [0.1, 0.15) is 6.04 Å². The molecule has 1 aromatic carbocycles. The highest BCUT2D eigenvalue weighted by Gasteiger charge is 2.54. The summed E-state index contributed by atoms with van der Waals surface area (Å²) >= 11 is 1.54. The van der Waals surface area contributed by atoms with E-state index in [2.05, 4.69) is 10.9 Å². The van der Waals surface area contributed by atoms with Crippen molar-refractivity contribution in [3.63, 3.8) is 0 Å². The summed E-state index contributed by atoms with van der Waals surface area (Å²) in [6.45, 7) is 0. The number of carbonyl (C=O) groups is 4. The van der Waals surface area contributed by atoms with Crippen LogP contribution in [0.3, 0.4) is 0 Å². The van der Waals surface area contributed by atoms with E-state index in [4.69, 9.17) is 0 Å². The molecule has 0 aromatic heterocycles. The first-order valence-corrected chi connectivity index (χ1v) is 12.9. The molecule has 7 nitrogen and oxygen atoms in total. The van der Waals surface area contributed by atoms with Gasteiger partial charge in [0.15, 0.2) is 0 Å². The molecule has 0 radical (unpaired) electrons. The monoisotopic (exact) mass is 455 g/mol. The fourth-order valence-electron chi connectivity index (χ4n) is 6.82. The second-order valence-electron chi connectivity index (χ2n) is 9.96. The number of hydrazine groups is 1. The van der Waals surface area contributed by atoms with Crippen LogP contribution in [0.1, 0.15) is 65.7 Å². The molecule has 4 amide bonds. The third-order valence-electron chi connectivity index (χ3n) is 7.85. The minimum atomic E-state index is -0.966. The van der Waals surface area contributed by atoms with Crippen LogP contribution in [0.2, 0.25) is 0 Å². The quantitative estimate of drug-likeness (QED) is 0.508. The zero-order chi connectivity index (χ0) is 22.5. The van der Waals surface area contributed by atoms with Gasteiger partial charge in [0.05, 0.1) is 16.5 Å². The first kappa shape index (κ1) is 21.5. The van der Waals surface area contributed by atoms with E-state index in [-0.39, 0.29) is 11.3 Å². The van der Waals surface area contributed by atoms with Gasteiger partial charge in [-0.15, -0.1) is 0 Å². The molecule has 4 bridgehead atoms. The second kappa shape index (κ2) is 8.21. The van der Waals surface area contributed by atoms with E-state index in [0.29, 0.717) is 41.1 Å². The van der Waals surface area contributed by atoms with E-state index in [9.17, 15) is 19.2 Å². The Kier molecular flexibility index (Phi) is 5.51. The molecule has 1 aliphatic heterocycles. The fraction of sp³-hybridized carbons (Fsp3) is 0.583. The van der Waals surface area contributed by atoms with Crippen molar-refractivity contribution in [2.45, 2.75) is 51.0 Å². The fourth-order valence-corrected chi connectivity index (χ4v) is 7.28. The third-order valence-corrected chi connectivity index (χ3v) is 8.50. The summed E-state index contributed by atoms with van der Waals surface area (Å²) in [5.74, 6) is 0.913. The van der Waals surface area contributed by atoms with Gasteiger partial charge >= 0.3 is 0 Å². The molecule has 1 atom stereocenters. The third kappa shape index (κ3) is 3.52. The lowest BCUT2D eigenvalue weighted by Gasteiger charge is -2.55. The first-order chi connectivity index (χ1) is 15.4. The number of thioether (sulfide) groups is 1. The zero-order valence-corrected chi connectivity index (χ0v) is 19.1. The summed E-state index contributed by atoms with van der Waals surface area (Å²) < 4.78 is 0. The number of fused-ring (bicyclic) bond motifs is 1. The Hall–Kier alpha value is -2.35. The lowest BCUT2D eigenvalue weighted by Crippen LogP contribution is -2.59. The molecule has 6 rings (SSSR count). The van der Waals surface area contributed by atoms with Crippen molar-refractivity contribution >= 4 is 35.4 Å². The number of rotatable bonds is 6. The van der Waals surface area contributed by atoms with Crippen LogP contribution in [0, 0.1) is 23.2 Å². The van der Waals surface area contributed by atoms with Gasteiger partial charge in [-0.1, -0.05) is 12.1 Å². The van der Waals surface area contributed by atoms with Crippen LogP contribution in [-0.2, 0) is 9.59 Å². The molecule has 5 aliphatic rings. The highest BCUT2D eigenvalue weighted by molar-refractivity contribution is 7.98. The van der Waals surface area contributed by atoms with Crippen LogP contribution in [0.15, 0.2) is 24.3 Å². The lowest BCUT2D eigenvalue weighted by atomic mass is 9.49. The number of carbonyl (C=O) groups excluding carboxylic acids is 4. The van der Waals surface area contributed by atoms with E-state index < -0.39 is 23.8 Å². The van der Waals surface area contributed by atoms with E-state index in [0.717, 1.165) is 24.2 Å². The minimum absolute atomic E-state index is 0.115. The first-order valence-electron chi connectivity index (χ1n) is 11.5. The van der Waals surface area contributed by atoms with Crippen molar-refractivity contribution < 1.29 is 19.2 Å². The summed E-state index contributed by atoms with van der Waals surface area (Å²) in [5, 5.41) is 0. The van der Waals surface area contributed by atoms with Crippen molar-refractivity contribution in [1.82, 2.24) is 15.8 Å². The smallest absolute Gasteiger partial charge is 0.262 e. The van der Waals surface area contributed by atoms with Crippen molar-refractivity contribution in [1.29, 1.82) is 0 Å². The van der Waals surface area contributed by atoms with Gasteiger partial charge < -0.3 is 0 Å². The molecule has 2 N–H and O–H groups in total. The Morgan fingerprint density at radius 3 is 2.03 bits per heavy atom. The van der Waals surface area contributed by atoms with Crippen molar-refractivity contribution in [3.8, 4) is 0 Å². The molecule has 1 heterocycles. The van der Waals surface area contributed by atoms with Gasteiger partial charge in [0.25, 0.3) is 17.7 Å². The molecular weight excluding hydrogens is 426 g/mol. The Morgan fingerprint density at radius 1 is 1.00 bits per heavy atom. The van der Waals surface area contributed by atoms with Gasteiger partial charge in [-0.2, -0.15) is 11.8 Å². The zero-order valence-electron chi connectivity index (χ0n) is 18.3. The van der Waals surface area contributed by atoms with Gasteiger partial charge in [-0.3, -0.25) is 34.9 Å². The van der Waals surface area contributed by atoms with Crippen LogP contribution in [-0.4, -0.2) is 46.6 Å². The average molecular weight is 456 g/mol. The maximum atomic E-state index is 13.2. The summed E-state index contributed by atoms with van der Waals surface area (Å²) in [6.07, 6.45) is 8.62. The van der Waals surface area contributed by atoms with E-state index in [1.165, 1.54) is 31.0 Å². The summed E-state index contributed by atoms with van der Waals surface area (Å²) in [5.41, 5.74) is 5.49. The molecule has 170 valence electrons. The molecule has 8 heteroatoms. The van der Waals surface area contributed by atoms with E-state index >= 15 is 0 Å². The van der Waals surface area contributed by atoms with Gasteiger partial charge in [-0.25, -0.2) is 0 Å². The van der Waals surface area contributed by atoms with Gasteiger partial charge in [-0.05, 0) is 86.8 Å². The number of nitrogens with zero attached hydrogens (tertiary/aromatic N) is 1. The van der Waals surface area contributed by atoms with Gasteiger partial charge in [0.2, 0.25) is 5.91 Å². The number of imide groups is 1. The Bertz CT molecular complexity index is 907. The standard InChI is InChI=1S/C24H29N3O4S/c1-32-7-6-19(27-21(29)17-4-2-3-5-18(17)22(27)30)20(28)25-26-23(31)24-11-14-8-15(12-24)10-16(9-14)13-24/h2-5,14-16,19H,6-13H2,1H3,(H,25,28)(H,26,31). The number of amides is 4. The molecule has 0 saturated heterocycles. The van der Waals surface area contributed by atoms with Crippen molar-refractivity contribution in [2.24, 2.45) is 23.2 Å². The molecule has 0 spiro atoms. The molecule has 1 unspecified atom stereocenters. The Labute approximate surface area is 192 Å². The van der Waals surface area contributed by atoms with Crippen molar-refractivity contribution in [3.05, 3.63) is 35.4 Å². The molecule has 4 aliphatic carbocycles. The second-order valence-corrected chi connectivity index (χ2v) is 11.0. The molecule has 32 heavy (non-hydrogen) atoms. The minimum Gasteiger partial charge on any atom is -0.273 e. The number of benzene rings is 1. The van der Waals surface area contributed by atoms with Crippen molar-refractivity contribution in [2.75, 3.05) is 12.0 Å². The molecular formula is C24H29N3O4S. The highest BCUT2D eigenvalue weighted by atomic mass is 32.2. The summed E-state index contributed by atoms with van der Waals surface area (Å²) in [4.78, 5) is 53.2. The van der Waals surface area contributed by atoms with E-state index in [1.54, 1.807) is 24.3 Å². The highest BCUT2D eigenvalue weighted by Crippen LogP contribution is 2.60. The average Bonchev–Trinajstić information content (AvgIpc) is 3.02. The van der Waals surface area contributed by atoms with E-state index in [1.807, 2.05) is 6.26 Å². The van der Waals surface area contributed by atoms with Crippen LogP contribution >= 0.6 is 11.8 Å². The predicted octanol–water partition coefficient (Wildman–Crippen LogP) is 2.77. The van der Waals surface area contributed by atoms with Crippen LogP contribution < -0.4 is 10.9 Å². The summed E-state index contributed by atoms with van der Waals surface area (Å²) in [7, 11) is 0. The lowest BCUT2D eigenvalue weighted by molar-refractivity contribution is -0.149. The van der Waals surface area contributed by atoms with Crippen LogP contribution in [0.5, 0.6) is 0 Å². The number of hydrogen-bond donors (Lipinski definition) is 2. The topological polar surface area (TPSA) is 95.6 Å². The van der Waals surface area contributed by atoms with Crippen LogP contribution in [0.25, 0.3) is 0 Å². The molecule has 1 aromatic rings. The van der Waals surface area contributed by atoms with Gasteiger partial charge in [0, 0.05) is 0 Å². The predicted molar refractivity (Wildman–Crippen MR) is 121 cm³/mol. The number of nitrogens with one attached hydrogen (secondary N) is 2. The Morgan fingerprint density at radius 2 is 1.53 bits per heavy atom. The SMILES string of the molecule is CSCCC(C(=O)NNC(=O)C12CC3CC(CC(C3)C1)C2)N1C(=O)c2ccccc2C1=O. The molecule has 4 saturated carbocycles. The normalized spacial score (nSPS) is 30.9. The maximum absolute atomic E-state index is 13.2. The van der Waals surface area contributed by atoms with Crippen LogP contribution in [0.4, 0.5) is 0 Å².